The zero-order chi connectivity index (χ0) is 17.3. The summed E-state index contributed by atoms with van der Waals surface area (Å²) in [7, 11) is -3.81. The number of halogens is 2. The third-order valence-electron chi connectivity index (χ3n) is 3.39. The van der Waals surface area contributed by atoms with Crippen LogP contribution in [0.2, 0.25) is 10.0 Å². The Morgan fingerprint density at radius 2 is 1.79 bits per heavy atom. The first-order valence-electron chi connectivity index (χ1n) is 6.89. The molecule has 0 bridgehead atoms. The first kappa shape index (κ1) is 16.9. The number of carbonyl (C=O) groups excluding carboxylic acids is 1. The highest BCUT2D eigenvalue weighted by atomic mass is 35.5. The van der Waals surface area contributed by atoms with Gasteiger partial charge in [-0.3, -0.25) is 9.62 Å². The number of amides is 1. The first-order chi connectivity index (χ1) is 11.4. The van der Waals surface area contributed by atoms with E-state index in [0.29, 0.717) is 23.9 Å². The molecule has 0 atom stereocenters. The predicted molar refractivity (Wildman–Crippen MR) is 92.4 cm³/mol. The van der Waals surface area contributed by atoms with E-state index < -0.39 is 16.1 Å². The summed E-state index contributed by atoms with van der Waals surface area (Å²) in [6.45, 7) is 0.749. The van der Waals surface area contributed by atoms with Gasteiger partial charge in [-0.2, -0.15) is 0 Å². The van der Waals surface area contributed by atoms with Crippen LogP contribution in [0.25, 0.3) is 0 Å². The van der Waals surface area contributed by atoms with Gasteiger partial charge in [0.05, 0.1) is 22.2 Å². The van der Waals surface area contributed by atoms with Gasteiger partial charge in [-0.15, -0.1) is 0 Å². The third-order valence-corrected chi connectivity index (χ3v) is 5.32. The fraction of sp³-hybridized carbons (Fsp3) is 0.133. The molecule has 6 nitrogen and oxygen atoms in total. The van der Waals surface area contributed by atoms with E-state index in [0.717, 1.165) is 0 Å². The van der Waals surface area contributed by atoms with Crippen molar-refractivity contribution < 1.29 is 17.9 Å². The highest BCUT2D eigenvalue weighted by Crippen LogP contribution is 2.28. The van der Waals surface area contributed by atoms with E-state index in [1.54, 1.807) is 12.1 Å². The van der Waals surface area contributed by atoms with Crippen molar-refractivity contribution in [1.29, 1.82) is 0 Å². The van der Waals surface area contributed by atoms with Crippen LogP contribution in [-0.2, 0) is 14.8 Å². The molecule has 1 amide bonds. The van der Waals surface area contributed by atoms with E-state index in [1.807, 2.05) is 0 Å². The van der Waals surface area contributed by atoms with Crippen LogP contribution in [0.15, 0.2) is 47.4 Å². The average molecular weight is 387 g/mol. The maximum Gasteiger partial charge on any atom is 0.414 e. The zero-order valence-electron chi connectivity index (χ0n) is 12.2. The number of sulfonamides is 1. The van der Waals surface area contributed by atoms with Crippen LogP contribution in [-0.4, -0.2) is 27.7 Å². The quantitative estimate of drug-likeness (QED) is 0.867. The van der Waals surface area contributed by atoms with Gasteiger partial charge in [0.2, 0.25) is 0 Å². The van der Waals surface area contributed by atoms with E-state index in [4.69, 9.17) is 27.9 Å². The number of nitrogens with zero attached hydrogens (tertiary/aromatic N) is 1. The van der Waals surface area contributed by atoms with E-state index in [2.05, 4.69) is 4.72 Å². The lowest BCUT2D eigenvalue weighted by atomic mass is 10.3. The SMILES string of the molecule is O=C1OCCN1c1ccc(S(=O)(=O)Nc2ccc(Cl)cc2Cl)cc1. The fourth-order valence-electron chi connectivity index (χ4n) is 2.21. The molecule has 126 valence electrons. The van der Waals surface area contributed by atoms with Crippen molar-refractivity contribution in [3.8, 4) is 0 Å². The Kier molecular flexibility index (Phi) is 4.58. The van der Waals surface area contributed by atoms with Crippen LogP contribution in [0, 0.1) is 0 Å². The van der Waals surface area contributed by atoms with Crippen molar-refractivity contribution in [2.24, 2.45) is 0 Å². The van der Waals surface area contributed by atoms with Gasteiger partial charge in [-0.25, -0.2) is 13.2 Å². The lowest BCUT2D eigenvalue weighted by molar-refractivity contribution is 0.181. The topological polar surface area (TPSA) is 75.7 Å². The van der Waals surface area contributed by atoms with Gasteiger partial charge >= 0.3 is 6.09 Å². The number of benzene rings is 2. The molecular formula is C15H12Cl2N2O4S. The maximum absolute atomic E-state index is 12.4. The third kappa shape index (κ3) is 3.43. The van der Waals surface area contributed by atoms with Crippen molar-refractivity contribution in [1.82, 2.24) is 0 Å². The fourth-order valence-corrected chi connectivity index (χ4v) is 3.80. The molecule has 2 aromatic carbocycles. The van der Waals surface area contributed by atoms with Crippen LogP contribution in [0.1, 0.15) is 0 Å². The predicted octanol–water partition coefficient (Wildman–Crippen LogP) is 3.75. The molecule has 9 heteroatoms. The number of hydrogen-bond acceptors (Lipinski definition) is 4. The van der Waals surface area contributed by atoms with Gasteiger partial charge in [-0.05, 0) is 42.5 Å². The molecule has 1 saturated heterocycles. The molecule has 2 aromatic rings. The molecule has 1 fully saturated rings. The summed E-state index contributed by atoms with van der Waals surface area (Å²) in [5, 5.41) is 0.604. The van der Waals surface area contributed by atoms with Crippen molar-refractivity contribution in [2.45, 2.75) is 4.90 Å². The van der Waals surface area contributed by atoms with Crippen LogP contribution >= 0.6 is 23.2 Å². The Balaban J connectivity index is 1.83. The van der Waals surface area contributed by atoms with Gasteiger partial charge in [0.25, 0.3) is 10.0 Å². The molecule has 0 radical (unpaired) electrons. The Bertz CT molecular complexity index is 885. The van der Waals surface area contributed by atoms with Crippen LogP contribution < -0.4 is 9.62 Å². The summed E-state index contributed by atoms with van der Waals surface area (Å²) in [4.78, 5) is 13.0. The molecule has 0 spiro atoms. The van der Waals surface area contributed by atoms with E-state index in [1.165, 1.54) is 35.2 Å². The summed E-state index contributed by atoms with van der Waals surface area (Å²) in [6.07, 6.45) is -0.448. The molecule has 1 heterocycles. The standard InChI is InChI=1S/C15H12Cl2N2O4S/c16-10-1-6-14(13(17)9-10)18-24(21,22)12-4-2-11(3-5-12)19-7-8-23-15(19)20/h1-6,9,18H,7-8H2. The van der Waals surface area contributed by atoms with Gasteiger partial charge in [0.1, 0.15) is 6.61 Å². The number of nitrogens with one attached hydrogen (secondary N) is 1. The minimum Gasteiger partial charge on any atom is -0.447 e. The van der Waals surface area contributed by atoms with E-state index >= 15 is 0 Å². The van der Waals surface area contributed by atoms with Gasteiger partial charge in [0, 0.05) is 10.7 Å². The number of anilines is 2. The number of cyclic esters (lactones) is 1. The second kappa shape index (κ2) is 6.51. The summed E-state index contributed by atoms with van der Waals surface area (Å²) in [6, 6.07) is 10.4. The number of ether oxygens (including phenoxy) is 1. The van der Waals surface area contributed by atoms with Crippen molar-refractivity contribution in [2.75, 3.05) is 22.8 Å². The molecule has 1 aliphatic heterocycles. The van der Waals surface area contributed by atoms with Crippen LogP contribution in [0.3, 0.4) is 0 Å². The van der Waals surface area contributed by atoms with E-state index in [-0.39, 0.29) is 15.6 Å². The van der Waals surface area contributed by atoms with Crippen molar-refractivity contribution >= 4 is 50.7 Å². The Labute approximate surface area is 149 Å². The Morgan fingerprint density at radius 1 is 1.08 bits per heavy atom. The van der Waals surface area contributed by atoms with Gasteiger partial charge in [-0.1, -0.05) is 23.2 Å². The molecule has 0 aromatic heterocycles. The smallest absolute Gasteiger partial charge is 0.414 e. The largest absolute Gasteiger partial charge is 0.447 e. The maximum atomic E-state index is 12.4. The average Bonchev–Trinajstić information content (AvgIpc) is 2.96. The monoisotopic (exact) mass is 386 g/mol. The van der Waals surface area contributed by atoms with Crippen molar-refractivity contribution in [3.63, 3.8) is 0 Å². The highest BCUT2D eigenvalue weighted by Gasteiger charge is 2.24. The second-order valence-electron chi connectivity index (χ2n) is 4.99. The summed E-state index contributed by atoms with van der Waals surface area (Å²) in [5.41, 5.74) is 0.800. The first-order valence-corrected chi connectivity index (χ1v) is 9.13. The van der Waals surface area contributed by atoms with Gasteiger partial charge < -0.3 is 4.74 Å². The summed E-state index contributed by atoms with van der Waals surface area (Å²) < 4.78 is 32.1. The Morgan fingerprint density at radius 3 is 2.38 bits per heavy atom. The molecule has 3 rings (SSSR count). The molecule has 1 N–H and O–H groups in total. The normalized spacial score (nSPS) is 14.6. The molecular weight excluding hydrogens is 375 g/mol. The number of rotatable bonds is 4. The van der Waals surface area contributed by atoms with Crippen molar-refractivity contribution in [3.05, 3.63) is 52.5 Å². The second-order valence-corrected chi connectivity index (χ2v) is 7.52. The summed E-state index contributed by atoms with van der Waals surface area (Å²) >= 11 is 11.8. The van der Waals surface area contributed by atoms with Crippen LogP contribution in [0.5, 0.6) is 0 Å². The minimum absolute atomic E-state index is 0.0461. The van der Waals surface area contributed by atoms with E-state index in [9.17, 15) is 13.2 Å². The molecule has 1 aliphatic rings. The van der Waals surface area contributed by atoms with Crippen LogP contribution in [0.4, 0.5) is 16.2 Å². The number of hydrogen-bond donors (Lipinski definition) is 1. The molecule has 24 heavy (non-hydrogen) atoms. The summed E-state index contributed by atoms with van der Waals surface area (Å²) in [5.74, 6) is 0. The molecule has 0 unspecified atom stereocenters. The molecule has 0 saturated carbocycles. The molecule has 0 aliphatic carbocycles. The lowest BCUT2D eigenvalue weighted by Gasteiger charge is -2.14. The zero-order valence-corrected chi connectivity index (χ0v) is 14.5. The highest BCUT2D eigenvalue weighted by molar-refractivity contribution is 7.92. The lowest BCUT2D eigenvalue weighted by Crippen LogP contribution is -2.23. The number of carbonyl (C=O) groups is 1. The minimum atomic E-state index is -3.81. The van der Waals surface area contributed by atoms with Gasteiger partial charge in [0.15, 0.2) is 0 Å². The Hall–Kier alpha value is -1.96.